The lowest BCUT2D eigenvalue weighted by Crippen LogP contribution is -2.34. The highest BCUT2D eigenvalue weighted by Crippen LogP contribution is 2.34. The molecule has 0 saturated carbocycles. The molecule has 1 aliphatic carbocycles. The van der Waals surface area contributed by atoms with Crippen LogP contribution in [-0.2, 0) is 0 Å². The van der Waals surface area contributed by atoms with Crippen molar-refractivity contribution in [2.75, 3.05) is 0 Å². The molecule has 0 bridgehead atoms. The molecule has 0 fully saturated rings. The van der Waals surface area contributed by atoms with Crippen molar-refractivity contribution in [1.82, 2.24) is 0 Å². The molecule has 0 aliphatic heterocycles. The van der Waals surface area contributed by atoms with Gasteiger partial charge in [0.15, 0.2) is 0 Å². The van der Waals surface area contributed by atoms with E-state index in [0.717, 1.165) is 24.6 Å². The van der Waals surface area contributed by atoms with E-state index in [-0.39, 0.29) is 0 Å². The molecule has 0 unspecified atom stereocenters. The van der Waals surface area contributed by atoms with E-state index in [1.165, 1.54) is 0 Å². The zero-order valence-corrected chi connectivity index (χ0v) is 10.4. The Morgan fingerprint density at radius 2 is 1.60 bits per heavy atom. The van der Waals surface area contributed by atoms with Crippen molar-refractivity contribution < 1.29 is 0 Å². The Kier molecular flexibility index (Phi) is 4.57. The molecule has 15 heavy (non-hydrogen) atoms. The van der Waals surface area contributed by atoms with Gasteiger partial charge in [-0.1, -0.05) is 41.7 Å². The fourth-order valence-electron chi connectivity index (χ4n) is 2.31. The van der Waals surface area contributed by atoms with Gasteiger partial charge in [-0.15, -0.1) is 19.7 Å². The van der Waals surface area contributed by atoms with Gasteiger partial charge in [0.1, 0.15) is 0 Å². The molecule has 1 rings (SSSR count). The highest BCUT2D eigenvalue weighted by atomic mass is 28.3. The van der Waals surface area contributed by atoms with Crippen LogP contribution in [0.15, 0.2) is 61.4 Å². The number of hydrogen-bond donors (Lipinski definition) is 0. The van der Waals surface area contributed by atoms with Crippen LogP contribution in [0.4, 0.5) is 0 Å². The summed E-state index contributed by atoms with van der Waals surface area (Å²) in [5.74, 6) is 0. The van der Waals surface area contributed by atoms with Crippen molar-refractivity contribution in [2.24, 2.45) is 0 Å². The lowest BCUT2D eigenvalue weighted by atomic mass is 10.5. The average Bonchev–Trinajstić information content (AvgIpc) is 2.72. The Balaban J connectivity index is 2.93. The van der Waals surface area contributed by atoms with Gasteiger partial charge < -0.3 is 0 Å². The summed E-state index contributed by atoms with van der Waals surface area (Å²) in [6.45, 7) is 11.7. The average molecular weight is 216 g/mol. The molecule has 0 amide bonds. The first-order chi connectivity index (χ1) is 7.29. The molecule has 1 heteroatoms. The Hall–Kier alpha value is -1.08. The third kappa shape index (κ3) is 2.69. The maximum absolute atomic E-state index is 3.90. The summed E-state index contributed by atoms with van der Waals surface area (Å²) in [6, 6.07) is 3.41. The van der Waals surface area contributed by atoms with Crippen LogP contribution in [0, 0.1) is 0 Å². The van der Waals surface area contributed by atoms with E-state index in [1.54, 1.807) is 5.20 Å². The van der Waals surface area contributed by atoms with Crippen molar-refractivity contribution in [2.45, 2.75) is 24.6 Å². The largest absolute Gasteiger partial charge is 0.103 e. The minimum absolute atomic E-state index is 1.13. The molecule has 80 valence electrons. The SMILES string of the molecule is C=CC[Si](CC=C)(CC=C)C1=CC=CC1. The van der Waals surface area contributed by atoms with Crippen LogP contribution >= 0.6 is 0 Å². The third-order valence-corrected chi connectivity index (χ3v) is 8.00. The lowest BCUT2D eigenvalue weighted by molar-refractivity contribution is 1.26. The van der Waals surface area contributed by atoms with Gasteiger partial charge >= 0.3 is 0 Å². The summed E-state index contributed by atoms with van der Waals surface area (Å²) in [7, 11) is -1.42. The van der Waals surface area contributed by atoms with Crippen molar-refractivity contribution in [3.63, 3.8) is 0 Å². The van der Waals surface area contributed by atoms with Crippen LogP contribution in [0.2, 0.25) is 18.1 Å². The van der Waals surface area contributed by atoms with Crippen LogP contribution in [0.1, 0.15) is 6.42 Å². The van der Waals surface area contributed by atoms with Gasteiger partial charge in [0, 0.05) is 0 Å². The van der Waals surface area contributed by atoms with Gasteiger partial charge in [0.25, 0.3) is 0 Å². The topological polar surface area (TPSA) is 0 Å². The van der Waals surface area contributed by atoms with Crippen LogP contribution < -0.4 is 0 Å². The van der Waals surface area contributed by atoms with E-state index in [9.17, 15) is 0 Å². The maximum Gasteiger partial charge on any atom is 0.0929 e. The molecule has 0 aromatic heterocycles. The van der Waals surface area contributed by atoms with E-state index in [1.807, 2.05) is 0 Å². The number of hydrogen-bond acceptors (Lipinski definition) is 0. The predicted octanol–water partition coefficient (Wildman–Crippen LogP) is 4.42. The Labute approximate surface area is 94.4 Å². The van der Waals surface area contributed by atoms with E-state index in [4.69, 9.17) is 0 Å². The Morgan fingerprint density at radius 3 is 1.93 bits per heavy atom. The first-order valence-electron chi connectivity index (χ1n) is 5.48. The highest BCUT2D eigenvalue weighted by Gasteiger charge is 2.33. The Bertz CT molecular complexity index is 281. The van der Waals surface area contributed by atoms with Gasteiger partial charge in [-0.3, -0.25) is 0 Å². The van der Waals surface area contributed by atoms with Crippen molar-refractivity contribution >= 4 is 8.07 Å². The molecule has 0 atom stereocenters. The molecular weight excluding hydrogens is 196 g/mol. The fourth-order valence-corrected chi connectivity index (χ4v) is 6.26. The summed E-state index contributed by atoms with van der Waals surface area (Å²) in [5.41, 5.74) is 0. The standard InChI is InChI=1S/C14H20Si/c1-4-11-15(12-5-2,13-6-3)14-9-7-8-10-14/h4-9H,1-3,10-13H2. The Morgan fingerprint density at radius 1 is 1.07 bits per heavy atom. The number of allylic oxidation sites excluding steroid dienone is 7. The predicted molar refractivity (Wildman–Crippen MR) is 72.6 cm³/mol. The van der Waals surface area contributed by atoms with Gasteiger partial charge in [-0.05, 0) is 24.6 Å². The van der Waals surface area contributed by atoms with E-state index < -0.39 is 8.07 Å². The lowest BCUT2D eigenvalue weighted by Gasteiger charge is -2.30. The molecule has 0 aromatic rings. The quantitative estimate of drug-likeness (QED) is 0.436. The second kappa shape index (κ2) is 5.71. The van der Waals surface area contributed by atoms with Crippen molar-refractivity contribution in [1.29, 1.82) is 0 Å². The normalized spacial score (nSPS) is 14.8. The monoisotopic (exact) mass is 216 g/mol. The molecule has 0 spiro atoms. The minimum Gasteiger partial charge on any atom is -0.103 e. The van der Waals surface area contributed by atoms with Crippen LogP contribution in [0.3, 0.4) is 0 Å². The molecular formula is C14H20Si. The third-order valence-electron chi connectivity index (χ3n) is 3.06. The molecule has 0 saturated heterocycles. The first-order valence-corrected chi connectivity index (χ1v) is 8.10. The smallest absolute Gasteiger partial charge is 0.0929 e. The maximum atomic E-state index is 3.90. The van der Waals surface area contributed by atoms with Crippen LogP contribution in [0.5, 0.6) is 0 Å². The van der Waals surface area contributed by atoms with Crippen LogP contribution in [-0.4, -0.2) is 8.07 Å². The van der Waals surface area contributed by atoms with Gasteiger partial charge in [-0.25, -0.2) is 0 Å². The zero-order valence-electron chi connectivity index (χ0n) is 9.41. The van der Waals surface area contributed by atoms with Crippen molar-refractivity contribution in [3.8, 4) is 0 Å². The highest BCUT2D eigenvalue weighted by molar-refractivity contribution is 6.87. The summed E-state index contributed by atoms with van der Waals surface area (Å²) in [4.78, 5) is 0. The molecule has 0 N–H and O–H groups in total. The molecule has 0 aromatic carbocycles. The second-order valence-corrected chi connectivity index (χ2v) is 8.51. The van der Waals surface area contributed by atoms with Crippen molar-refractivity contribution in [3.05, 3.63) is 61.4 Å². The van der Waals surface area contributed by atoms with Gasteiger partial charge in [-0.2, -0.15) is 0 Å². The summed E-state index contributed by atoms with van der Waals surface area (Å²) in [5, 5.41) is 1.63. The summed E-state index contributed by atoms with van der Waals surface area (Å²) in [6.07, 6.45) is 14.0. The molecule has 0 heterocycles. The van der Waals surface area contributed by atoms with Gasteiger partial charge in [0.05, 0.1) is 8.07 Å². The second-order valence-electron chi connectivity index (χ2n) is 4.08. The van der Waals surface area contributed by atoms with E-state index >= 15 is 0 Å². The zero-order chi connectivity index (χ0) is 11.1. The molecule has 0 radical (unpaired) electrons. The fraction of sp³-hybridized carbons (Fsp3) is 0.286. The summed E-state index contributed by atoms with van der Waals surface area (Å²) >= 11 is 0. The minimum atomic E-state index is -1.42. The molecule has 1 aliphatic rings. The molecule has 0 nitrogen and oxygen atoms in total. The first kappa shape index (κ1) is 12.0. The van der Waals surface area contributed by atoms with Crippen LogP contribution in [0.25, 0.3) is 0 Å². The van der Waals surface area contributed by atoms with E-state index in [0.29, 0.717) is 0 Å². The van der Waals surface area contributed by atoms with Gasteiger partial charge in [0.2, 0.25) is 0 Å². The van der Waals surface area contributed by atoms with E-state index in [2.05, 4.69) is 56.2 Å². The summed E-state index contributed by atoms with van der Waals surface area (Å²) < 4.78 is 0. The number of rotatable bonds is 7.